The first-order chi connectivity index (χ1) is 8.15. The molecule has 0 saturated carbocycles. The fraction of sp³-hybridized carbons (Fsp3) is 0.167. The minimum absolute atomic E-state index is 0.309. The number of nitrogens with zero attached hydrogens (tertiary/aromatic N) is 1. The molecule has 0 amide bonds. The molecule has 2 aromatic rings. The number of carboxylic acids is 1. The summed E-state index contributed by atoms with van der Waals surface area (Å²) in [6.45, 7) is 0. The third kappa shape index (κ3) is 2.84. The van der Waals surface area contributed by atoms with Crippen molar-refractivity contribution in [2.45, 2.75) is 12.8 Å². The van der Waals surface area contributed by atoms with Crippen molar-refractivity contribution in [3.8, 4) is 0 Å². The van der Waals surface area contributed by atoms with E-state index in [1.165, 1.54) is 0 Å². The van der Waals surface area contributed by atoms with E-state index < -0.39 is 5.97 Å². The Morgan fingerprint density at radius 1 is 1.35 bits per heavy atom. The van der Waals surface area contributed by atoms with Gasteiger partial charge in [0.15, 0.2) is 0 Å². The SMILES string of the molecule is Nc1cc(CCc2cccc(C(=O)O)c2)n[nH]1. The van der Waals surface area contributed by atoms with Crippen LogP contribution in [0.25, 0.3) is 0 Å². The molecule has 0 aliphatic rings. The number of hydrogen-bond acceptors (Lipinski definition) is 3. The molecule has 88 valence electrons. The Kier molecular flexibility index (Phi) is 3.09. The third-order valence-electron chi connectivity index (χ3n) is 2.49. The molecule has 1 heterocycles. The Bertz CT molecular complexity index is 534. The zero-order valence-corrected chi connectivity index (χ0v) is 9.18. The Labute approximate surface area is 98.3 Å². The maximum Gasteiger partial charge on any atom is 0.335 e. The molecule has 1 aromatic carbocycles. The molecular weight excluding hydrogens is 218 g/mol. The van der Waals surface area contributed by atoms with Crippen LogP contribution in [0, 0.1) is 0 Å². The van der Waals surface area contributed by atoms with Crippen LogP contribution in [0.2, 0.25) is 0 Å². The number of anilines is 1. The second-order valence-electron chi connectivity index (χ2n) is 3.82. The van der Waals surface area contributed by atoms with Crippen LogP contribution in [-0.2, 0) is 12.8 Å². The standard InChI is InChI=1S/C12H13N3O2/c13-11-7-10(14-15-11)5-4-8-2-1-3-9(6-8)12(16)17/h1-3,6-7H,4-5H2,(H,16,17)(H3,13,14,15). The Morgan fingerprint density at radius 3 is 2.82 bits per heavy atom. The van der Waals surface area contributed by atoms with Crippen molar-refractivity contribution >= 4 is 11.8 Å². The number of H-pyrrole nitrogens is 1. The van der Waals surface area contributed by atoms with Crippen molar-refractivity contribution in [1.29, 1.82) is 0 Å². The van der Waals surface area contributed by atoms with Crippen molar-refractivity contribution in [2.24, 2.45) is 0 Å². The topological polar surface area (TPSA) is 92.0 Å². The second-order valence-corrected chi connectivity index (χ2v) is 3.82. The van der Waals surface area contributed by atoms with Crippen LogP contribution in [0.1, 0.15) is 21.6 Å². The van der Waals surface area contributed by atoms with Crippen LogP contribution in [0.15, 0.2) is 30.3 Å². The molecule has 0 aliphatic carbocycles. The molecule has 0 atom stereocenters. The van der Waals surface area contributed by atoms with E-state index in [0.717, 1.165) is 24.1 Å². The van der Waals surface area contributed by atoms with Gasteiger partial charge < -0.3 is 10.8 Å². The van der Waals surface area contributed by atoms with E-state index >= 15 is 0 Å². The molecule has 1 aromatic heterocycles. The fourth-order valence-corrected chi connectivity index (χ4v) is 1.64. The maximum atomic E-state index is 10.8. The van der Waals surface area contributed by atoms with Crippen molar-refractivity contribution in [2.75, 3.05) is 5.73 Å². The predicted octanol–water partition coefficient (Wildman–Crippen LogP) is 1.48. The maximum absolute atomic E-state index is 10.8. The lowest BCUT2D eigenvalue weighted by Crippen LogP contribution is -1.98. The summed E-state index contributed by atoms with van der Waals surface area (Å²) >= 11 is 0. The van der Waals surface area contributed by atoms with Gasteiger partial charge in [0.25, 0.3) is 0 Å². The van der Waals surface area contributed by atoms with E-state index in [1.807, 2.05) is 6.07 Å². The van der Waals surface area contributed by atoms with Gasteiger partial charge in [-0.25, -0.2) is 4.79 Å². The number of nitrogens with two attached hydrogens (primary N) is 1. The van der Waals surface area contributed by atoms with Gasteiger partial charge in [-0.2, -0.15) is 5.10 Å². The number of aromatic amines is 1. The van der Waals surface area contributed by atoms with Crippen LogP contribution >= 0.6 is 0 Å². The van der Waals surface area contributed by atoms with Crippen LogP contribution in [0.3, 0.4) is 0 Å². The quantitative estimate of drug-likeness (QED) is 0.743. The number of rotatable bonds is 4. The molecule has 2 rings (SSSR count). The van der Waals surface area contributed by atoms with Gasteiger partial charge in [-0.1, -0.05) is 12.1 Å². The molecule has 0 radical (unpaired) electrons. The zero-order valence-electron chi connectivity index (χ0n) is 9.18. The number of benzene rings is 1. The molecule has 0 aliphatic heterocycles. The summed E-state index contributed by atoms with van der Waals surface area (Å²) in [6, 6.07) is 8.69. The number of carbonyl (C=O) groups is 1. The van der Waals surface area contributed by atoms with E-state index in [9.17, 15) is 4.79 Å². The molecule has 0 saturated heterocycles. The highest BCUT2D eigenvalue weighted by atomic mass is 16.4. The van der Waals surface area contributed by atoms with Gasteiger partial charge in [-0.05, 0) is 30.5 Å². The van der Waals surface area contributed by atoms with E-state index in [-0.39, 0.29) is 0 Å². The number of nitrogen functional groups attached to an aromatic ring is 1. The fourth-order valence-electron chi connectivity index (χ4n) is 1.64. The van der Waals surface area contributed by atoms with Crippen molar-refractivity contribution in [3.05, 3.63) is 47.2 Å². The summed E-state index contributed by atoms with van der Waals surface area (Å²) in [6.07, 6.45) is 1.47. The van der Waals surface area contributed by atoms with E-state index in [4.69, 9.17) is 10.8 Å². The summed E-state index contributed by atoms with van der Waals surface area (Å²) in [5.41, 5.74) is 7.68. The van der Waals surface area contributed by atoms with Crippen molar-refractivity contribution in [1.82, 2.24) is 10.2 Å². The molecule has 17 heavy (non-hydrogen) atoms. The Morgan fingerprint density at radius 2 is 2.18 bits per heavy atom. The van der Waals surface area contributed by atoms with Crippen LogP contribution < -0.4 is 5.73 Å². The van der Waals surface area contributed by atoms with Gasteiger partial charge in [0.2, 0.25) is 0 Å². The van der Waals surface area contributed by atoms with Crippen molar-refractivity contribution < 1.29 is 9.90 Å². The van der Waals surface area contributed by atoms with Crippen molar-refractivity contribution in [3.63, 3.8) is 0 Å². The largest absolute Gasteiger partial charge is 0.478 e. The lowest BCUT2D eigenvalue weighted by Gasteiger charge is -2.01. The highest BCUT2D eigenvalue weighted by molar-refractivity contribution is 5.87. The Hall–Kier alpha value is -2.30. The second kappa shape index (κ2) is 4.69. The average molecular weight is 231 g/mol. The van der Waals surface area contributed by atoms with Crippen LogP contribution in [0.5, 0.6) is 0 Å². The van der Waals surface area contributed by atoms with E-state index in [2.05, 4.69) is 10.2 Å². The normalized spacial score (nSPS) is 10.4. The third-order valence-corrected chi connectivity index (χ3v) is 2.49. The molecule has 0 fully saturated rings. The first kappa shape index (κ1) is 11.2. The Balaban J connectivity index is 2.04. The summed E-state index contributed by atoms with van der Waals surface area (Å²) in [4.78, 5) is 10.8. The summed E-state index contributed by atoms with van der Waals surface area (Å²) in [5.74, 6) is -0.366. The first-order valence-corrected chi connectivity index (χ1v) is 5.27. The monoisotopic (exact) mass is 231 g/mol. The van der Waals surface area contributed by atoms with Gasteiger partial charge in [0.1, 0.15) is 5.82 Å². The minimum atomic E-state index is -0.907. The smallest absolute Gasteiger partial charge is 0.335 e. The molecule has 0 unspecified atom stereocenters. The number of nitrogens with one attached hydrogen (secondary N) is 1. The van der Waals surface area contributed by atoms with Gasteiger partial charge in [0, 0.05) is 6.07 Å². The molecule has 0 bridgehead atoms. The molecule has 5 nitrogen and oxygen atoms in total. The minimum Gasteiger partial charge on any atom is -0.478 e. The summed E-state index contributed by atoms with van der Waals surface area (Å²) < 4.78 is 0. The number of aryl methyl sites for hydroxylation is 2. The van der Waals surface area contributed by atoms with Gasteiger partial charge >= 0.3 is 5.97 Å². The van der Waals surface area contributed by atoms with Crippen LogP contribution in [0.4, 0.5) is 5.82 Å². The number of carboxylic acid groups (broad SMARTS) is 1. The molecule has 4 N–H and O–H groups in total. The van der Waals surface area contributed by atoms with Crippen LogP contribution in [-0.4, -0.2) is 21.3 Å². The molecular formula is C12H13N3O2. The zero-order chi connectivity index (χ0) is 12.3. The summed E-state index contributed by atoms with van der Waals surface area (Å²) in [5, 5.41) is 15.6. The van der Waals surface area contributed by atoms with Gasteiger partial charge in [-0.3, -0.25) is 5.10 Å². The highest BCUT2D eigenvalue weighted by Gasteiger charge is 2.04. The lowest BCUT2D eigenvalue weighted by atomic mass is 10.1. The predicted molar refractivity (Wildman–Crippen MR) is 63.8 cm³/mol. The van der Waals surface area contributed by atoms with Gasteiger partial charge in [-0.15, -0.1) is 0 Å². The lowest BCUT2D eigenvalue weighted by molar-refractivity contribution is 0.0697. The first-order valence-electron chi connectivity index (χ1n) is 5.27. The average Bonchev–Trinajstić information content (AvgIpc) is 2.73. The number of hydrogen-bond donors (Lipinski definition) is 3. The highest BCUT2D eigenvalue weighted by Crippen LogP contribution is 2.10. The number of aromatic nitrogens is 2. The molecule has 5 heteroatoms. The molecule has 0 spiro atoms. The van der Waals surface area contributed by atoms with E-state index in [0.29, 0.717) is 11.4 Å². The summed E-state index contributed by atoms with van der Waals surface area (Å²) in [7, 11) is 0. The van der Waals surface area contributed by atoms with Gasteiger partial charge in [0.05, 0.1) is 11.3 Å². The van der Waals surface area contributed by atoms with E-state index in [1.54, 1.807) is 24.3 Å². The number of aromatic carboxylic acids is 1.